The van der Waals surface area contributed by atoms with E-state index in [2.05, 4.69) is 20.9 Å². The predicted molar refractivity (Wildman–Crippen MR) is 39.0 cm³/mol. The first-order chi connectivity index (χ1) is 4.74. The van der Waals surface area contributed by atoms with E-state index < -0.39 is 0 Å². The number of pyridine rings is 1. The Hall–Kier alpha value is -0.900. The summed E-state index contributed by atoms with van der Waals surface area (Å²) >= 11 is 3.04. The molecule has 0 aliphatic heterocycles. The van der Waals surface area contributed by atoms with Gasteiger partial charge in [0.25, 0.3) is 0 Å². The number of halogens is 1. The number of carbonyl (C=O) groups excluding carboxylic acids is 1. The van der Waals surface area contributed by atoms with Crippen LogP contribution in [0.25, 0.3) is 0 Å². The Balaban J connectivity index is 3.16. The van der Waals surface area contributed by atoms with E-state index in [1.807, 2.05) is 0 Å². The van der Waals surface area contributed by atoms with Crippen molar-refractivity contribution < 1.29 is 9.90 Å². The lowest BCUT2D eigenvalue weighted by Gasteiger charge is -1.94. The van der Waals surface area contributed by atoms with Crippen molar-refractivity contribution in [2.75, 3.05) is 0 Å². The minimum atomic E-state index is 0.0330. The predicted octanol–water partition coefficient (Wildman–Crippen LogP) is 1.36. The highest BCUT2D eigenvalue weighted by Crippen LogP contribution is 2.21. The van der Waals surface area contributed by atoms with Crippen LogP contribution in [-0.4, -0.2) is 16.4 Å². The third kappa shape index (κ3) is 1.33. The van der Waals surface area contributed by atoms with Gasteiger partial charge in [0.15, 0.2) is 6.29 Å². The van der Waals surface area contributed by atoms with Crippen LogP contribution >= 0.6 is 15.9 Å². The zero-order valence-corrected chi connectivity index (χ0v) is 6.50. The second-order valence-corrected chi connectivity index (χ2v) is 2.53. The summed E-state index contributed by atoms with van der Waals surface area (Å²) < 4.78 is 0.476. The lowest BCUT2D eigenvalue weighted by Crippen LogP contribution is -1.84. The summed E-state index contributed by atoms with van der Waals surface area (Å²) in [5.41, 5.74) is 0.296. The van der Waals surface area contributed by atoms with Gasteiger partial charge in [-0.15, -0.1) is 0 Å². The molecule has 3 nitrogen and oxygen atoms in total. The Labute approximate surface area is 65.8 Å². The van der Waals surface area contributed by atoms with E-state index in [9.17, 15) is 4.79 Å². The van der Waals surface area contributed by atoms with E-state index in [-0.39, 0.29) is 5.75 Å². The minimum Gasteiger partial charge on any atom is -0.505 e. The fraction of sp³-hybridized carbons (Fsp3) is 0. The van der Waals surface area contributed by atoms with Crippen molar-refractivity contribution in [2.24, 2.45) is 0 Å². The maximum Gasteiger partial charge on any atom is 0.168 e. The molecule has 1 N–H and O–H groups in total. The van der Waals surface area contributed by atoms with Gasteiger partial charge in [0.2, 0.25) is 0 Å². The molecule has 1 aromatic rings. The molecule has 0 radical (unpaired) electrons. The lowest BCUT2D eigenvalue weighted by molar-refractivity contribution is 0.111. The van der Waals surface area contributed by atoms with Crippen LogP contribution in [0.2, 0.25) is 0 Å². The van der Waals surface area contributed by atoms with Crippen molar-refractivity contribution in [3.05, 3.63) is 22.4 Å². The van der Waals surface area contributed by atoms with Crippen LogP contribution in [0.4, 0.5) is 0 Å². The first-order valence-electron chi connectivity index (χ1n) is 2.53. The molecule has 0 saturated heterocycles. The Bertz CT molecular complexity index is 262. The smallest absolute Gasteiger partial charge is 0.168 e. The van der Waals surface area contributed by atoms with E-state index in [1.165, 1.54) is 12.3 Å². The van der Waals surface area contributed by atoms with Crippen LogP contribution in [0.15, 0.2) is 16.7 Å². The summed E-state index contributed by atoms with van der Waals surface area (Å²) in [6.07, 6.45) is 1.83. The van der Waals surface area contributed by atoms with Gasteiger partial charge < -0.3 is 5.11 Å². The van der Waals surface area contributed by atoms with Gasteiger partial charge in [-0.2, -0.15) is 0 Å². The summed E-state index contributed by atoms with van der Waals surface area (Å²) in [6, 6.07) is 1.45. The molecular formula is C6H4BrNO2. The second-order valence-electron chi connectivity index (χ2n) is 1.68. The zero-order chi connectivity index (χ0) is 7.56. The fourth-order valence-electron chi connectivity index (χ4n) is 0.503. The average molecular weight is 202 g/mol. The standard InChI is InChI=1S/C6H4BrNO2/c7-5-1-4(3-9)8-2-6(5)10/h1-3,10H. The molecular weight excluding hydrogens is 198 g/mol. The summed E-state index contributed by atoms with van der Waals surface area (Å²) in [5, 5.41) is 8.91. The highest BCUT2D eigenvalue weighted by molar-refractivity contribution is 9.10. The first-order valence-corrected chi connectivity index (χ1v) is 3.33. The number of hydrogen-bond donors (Lipinski definition) is 1. The van der Waals surface area contributed by atoms with Crippen LogP contribution in [-0.2, 0) is 0 Å². The van der Waals surface area contributed by atoms with Gasteiger partial charge in [0.05, 0.1) is 10.7 Å². The maximum atomic E-state index is 10.1. The Morgan fingerprint density at radius 3 is 2.90 bits per heavy atom. The molecule has 0 fully saturated rings. The SMILES string of the molecule is O=Cc1cc(Br)c(O)cn1. The topological polar surface area (TPSA) is 50.2 Å². The van der Waals surface area contributed by atoms with E-state index in [0.29, 0.717) is 16.5 Å². The molecule has 10 heavy (non-hydrogen) atoms. The normalized spacial score (nSPS) is 9.30. The third-order valence-electron chi connectivity index (χ3n) is 0.976. The highest BCUT2D eigenvalue weighted by Gasteiger charge is 1.98. The van der Waals surface area contributed by atoms with Crippen molar-refractivity contribution in [1.29, 1.82) is 0 Å². The number of rotatable bonds is 1. The van der Waals surface area contributed by atoms with Gasteiger partial charge in [0, 0.05) is 0 Å². The van der Waals surface area contributed by atoms with Crippen LogP contribution < -0.4 is 0 Å². The first kappa shape index (κ1) is 7.21. The molecule has 4 heteroatoms. The number of nitrogens with zero attached hydrogens (tertiary/aromatic N) is 1. The third-order valence-corrected chi connectivity index (χ3v) is 1.61. The molecule has 1 heterocycles. The Morgan fingerprint density at radius 2 is 2.40 bits per heavy atom. The molecule has 1 rings (SSSR count). The zero-order valence-electron chi connectivity index (χ0n) is 4.91. The monoisotopic (exact) mass is 201 g/mol. The van der Waals surface area contributed by atoms with E-state index in [0.717, 1.165) is 0 Å². The van der Waals surface area contributed by atoms with Gasteiger partial charge in [-0.3, -0.25) is 4.79 Å². The second kappa shape index (κ2) is 2.79. The summed E-state index contributed by atoms with van der Waals surface area (Å²) in [4.78, 5) is 13.7. The molecule has 1 aromatic heterocycles. The Morgan fingerprint density at radius 1 is 1.70 bits per heavy atom. The van der Waals surface area contributed by atoms with Gasteiger partial charge >= 0.3 is 0 Å². The van der Waals surface area contributed by atoms with Crippen molar-refractivity contribution in [3.8, 4) is 5.75 Å². The van der Waals surface area contributed by atoms with Gasteiger partial charge in [-0.25, -0.2) is 4.98 Å². The van der Waals surface area contributed by atoms with Crippen molar-refractivity contribution in [2.45, 2.75) is 0 Å². The fourth-order valence-corrected chi connectivity index (χ4v) is 0.840. The molecule has 0 aliphatic carbocycles. The molecule has 0 unspecified atom stereocenters. The van der Waals surface area contributed by atoms with Crippen LogP contribution in [0, 0.1) is 0 Å². The molecule has 0 saturated carbocycles. The van der Waals surface area contributed by atoms with Crippen LogP contribution in [0.3, 0.4) is 0 Å². The molecule has 0 amide bonds. The molecule has 0 spiro atoms. The minimum absolute atomic E-state index is 0.0330. The molecule has 0 atom stereocenters. The van der Waals surface area contributed by atoms with Crippen molar-refractivity contribution >= 4 is 22.2 Å². The van der Waals surface area contributed by atoms with E-state index >= 15 is 0 Å². The largest absolute Gasteiger partial charge is 0.505 e. The van der Waals surface area contributed by atoms with E-state index in [4.69, 9.17) is 5.11 Å². The number of carbonyl (C=O) groups is 1. The van der Waals surface area contributed by atoms with Gasteiger partial charge in [0.1, 0.15) is 11.4 Å². The van der Waals surface area contributed by atoms with Gasteiger partial charge in [-0.1, -0.05) is 0 Å². The Kier molecular flexibility index (Phi) is 2.01. The van der Waals surface area contributed by atoms with Crippen LogP contribution in [0.1, 0.15) is 10.5 Å². The molecule has 52 valence electrons. The van der Waals surface area contributed by atoms with E-state index in [1.54, 1.807) is 0 Å². The number of aromatic nitrogens is 1. The summed E-state index contributed by atoms with van der Waals surface area (Å²) in [7, 11) is 0. The summed E-state index contributed by atoms with van der Waals surface area (Å²) in [6.45, 7) is 0. The highest BCUT2D eigenvalue weighted by atomic mass is 79.9. The van der Waals surface area contributed by atoms with Gasteiger partial charge in [-0.05, 0) is 22.0 Å². The molecule has 0 aliphatic rings. The summed E-state index contributed by atoms with van der Waals surface area (Å²) in [5.74, 6) is 0.0330. The molecule has 0 aromatic carbocycles. The number of aldehydes is 1. The lowest BCUT2D eigenvalue weighted by atomic mass is 10.4. The van der Waals surface area contributed by atoms with Crippen molar-refractivity contribution in [3.63, 3.8) is 0 Å². The number of aromatic hydroxyl groups is 1. The number of hydrogen-bond acceptors (Lipinski definition) is 3. The molecule has 0 bridgehead atoms. The maximum absolute atomic E-state index is 10.1. The van der Waals surface area contributed by atoms with Crippen molar-refractivity contribution in [1.82, 2.24) is 4.98 Å². The van der Waals surface area contributed by atoms with Crippen LogP contribution in [0.5, 0.6) is 5.75 Å². The average Bonchev–Trinajstić information content (AvgIpc) is 1.95. The quantitative estimate of drug-likeness (QED) is 0.699.